The minimum atomic E-state index is -0.337. The van der Waals surface area contributed by atoms with Crippen LogP contribution in [0.2, 0.25) is 0 Å². The van der Waals surface area contributed by atoms with Gasteiger partial charge >= 0.3 is 0 Å². The molecule has 0 spiro atoms. The van der Waals surface area contributed by atoms with E-state index in [0.29, 0.717) is 0 Å². The van der Waals surface area contributed by atoms with Crippen molar-refractivity contribution < 1.29 is 4.79 Å². The molecule has 0 aromatic heterocycles. The largest absolute Gasteiger partial charge is 0.373 e. The van der Waals surface area contributed by atoms with Gasteiger partial charge < -0.3 is 10.6 Å². The molecule has 0 aliphatic heterocycles. The number of benzene rings is 1. The van der Waals surface area contributed by atoms with Gasteiger partial charge in [-0.2, -0.15) is 0 Å². The van der Waals surface area contributed by atoms with E-state index in [0.717, 1.165) is 15.7 Å². The standard InChI is InChI=1S/C14H17BrN2O/c1-5-6-16-14(18)11(4)17-13-10(3)7-9(2)8-12(13)15/h1,7-8,11,17H,6H2,2-4H3,(H,16,18). The van der Waals surface area contributed by atoms with E-state index in [1.807, 2.05) is 19.9 Å². The number of terminal acetylenes is 1. The summed E-state index contributed by atoms with van der Waals surface area (Å²) < 4.78 is 0.955. The quantitative estimate of drug-likeness (QED) is 0.840. The predicted molar refractivity (Wildman–Crippen MR) is 78.5 cm³/mol. The van der Waals surface area contributed by atoms with Gasteiger partial charge in [0.1, 0.15) is 6.04 Å². The Morgan fingerprint density at radius 1 is 1.50 bits per heavy atom. The lowest BCUT2D eigenvalue weighted by atomic mass is 10.1. The molecule has 1 rings (SSSR count). The Kier molecular flexibility index (Phi) is 5.24. The normalized spacial score (nSPS) is 11.5. The maximum absolute atomic E-state index is 11.7. The van der Waals surface area contributed by atoms with Crippen LogP contribution in [-0.2, 0) is 4.79 Å². The third-order valence-corrected chi connectivity index (χ3v) is 3.18. The fraction of sp³-hybridized carbons (Fsp3) is 0.357. The number of hydrogen-bond acceptors (Lipinski definition) is 2. The molecule has 0 radical (unpaired) electrons. The van der Waals surface area contributed by atoms with Gasteiger partial charge in [0.15, 0.2) is 0 Å². The van der Waals surface area contributed by atoms with Gasteiger partial charge in [0, 0.05) is 4.47 Å². The molecule has 1 amide bonds. The van der Waals surface area contributed by atoms with Crippen LogP contribution in [0.3, 0.4) is 0 Å². The van der Waals surface area contributed by atoms with Crippen molar-refractivity contribution >= 4 is 27.5 Å². The van der Waals surface area contributed by atoms with Crippen molar-refractivity contribution in [2.75, 3.05) is 11.9 Å². The number of hydrogen-bond donors (Lipinski definition) is 2. The van der Waals surface area contributed by atoms with Crippen molar-refractivity contribution in [2.45, 2.75) is 26.8 Å². The Hall–Kier alpha value is -1.47. The molecule has 18 heavy (non-hydrogen) atoms. The molecule has 1 aromatic carbocycles. The summed E-state index contributed by atoms with van der Waals surface area (Å²) in [7, 11) is 0. The smallest absolute Gasteiger partial charge is 0.242 e. The highest BCUT2D eigenvalue weighted by atomic mass is 79.9. The van der Waals surface area contributed by atoms with Crippen LogP contribution in [0.4, 0.5) is 5.69 Å². The van der Waals surface area contributed by atoms with Crippen molar-refractivity contribution in [2.24, 2.45) is 0 Å². The topological polar surface area (TPSA) is 41.1 Å². The summed E-state index contributed by atoms with van der Waals surface area (Å²) in [5.74, 6) is 2.27. The number of halogens is 1. The highest BCUT2D eigenvalue weighted by Crippen LogP contribution is 2.28. The second kappa shape index (κ2) is 6.46. The molecular weight excluding hydrogens is 292 g/mol. The Balaban J connectivity index is 2.79. The first-order valence-electron chi connectivity index (χ1n) is 5.70. The molecular formula is C14H17BrN2O. The third kappa shape index (κ3) is 3.78. The molecule has 96 valence electrons. The minimum absolute atomic E-state index is 0.111. The van der Waals surface area contributed by atoms with Crippen LogP contribution in [-0.4, -0.2) is 18.5 Å². The summed E-state index contributed by atoms with van der Waals surface area (Å²) in [5.41, 5.74) is 3.21. The van der Waals surface area contributed by atoms with Crippen LogP contribution in [0.15, 0.2) is 16.6 Å². The van der Waals surface area contributed by atoms with Crippen LogP contribution < -0.4 is 10.6 Å². The first-order valence-corrected chi connectivity index (χ1v) is 6.49. The summed E-state index contributed by atoms with van der Waals surface area (Å²) in [4.78, 5) is 11.7. The van der Waals surface area contributed by atoms with Crippen molar-refractivity contribution in [3.05, 3.63) is 27.7 Å². The number of carbonyl (C=O) groups is 1. The Morgan fingerprint density at radius 2 is 2.17 bits per heavy atom. The highest BCUT2D eigenvalue weighted by Gasteiger charge is 2.14. The molecule has 1 aromatic rings. The summed E-state index contributed by atoms with van der Waals surface area (Å²) in [6, 6.07) is 3.75. The Morgan fingerprint density at radius 3 is 2.72 bits per heavy atom. The molecule has 2 N–H and O–H groups in total. The molecule has 0 bridgehead atoms. The number of aryl methyl sites for hydroxylation is 2. The monoisotopic (exact) mass is 308 g/mol. The molecule has 0 saturated carbocycles. The first-order chi connectivity index (χ1) is 8.45. The minimum Gasteiger partial charge on any atom is -0.373 e. The SMILES string of the molecule is C#CCNC(=O)C(C)Nc1c(C)cc(C)cc1Br. The maximum Gasteiger partial charge on any atom is 0.242 e. The van der Waals surface area contributed by atoms with Gasteiger partial charge in [-0.3, -0.25) is 4.79 Å². The lowest BCUT2D eigenvalue weighted by Crippen LogP contribution is -2.37. The number of anilines is 1. The van der Waals surface area contributed by atoms with Gasteiger partial charge in [0.2, 0.25) is 5.91 Å². The molecule has 1 atom stereocenters. The fourth-order valence-electron chi connectivity index (χ4n) is 1.67. The van der Waals surface area contributed by atoms with Crippen molar-refractivity contribution in [1.82, 2.24) is 5.32 Å². The number of carbonyl (C=O) groups excluding carboxylic acids is 1. The summed E-state index contributed by atoms with van der Waals surface area (Å²) in [6.45, 7) is 6.09. The zero-order valence-electron chi connectivity index (χ0n) is 10.8. The molecule has 1 unspecified atom stereocenters. The Labute approximate surface area is 116 Å². The Bertz CT molecular complexity index is 468. The van der Waals surface area contributed by atoms with Crippen LogP contribution in [0.5, 0.6) is 0 Å². The zero-order valence-corrected chi connectivity index (χ0v) is 12.4. The highest BCUT2D eigenvalue weighted by molar-refractivity contribution is 9.10. The van der Waals surface area contributed by atoms with Crippen LogP contribution >= 0.6 is 15.9 Å². The van der Waals surface area contributed by atoms with Gasteiger partial charge in [-0.15, -0.1) is 6.42 Å². The second-order valence-corrected chi connectivity index (χ2v) is 5.08. The average Bonchev–Trinajstić information content (AvgIpc) is 2.30. The van der Waals surface area contributed by atoms with Crippen LogP contribution in [0.1, 0.15) is 18.1 Å². The fourth-order valence-corrected chi connectivity index (χ4v) is 2.46. The third-order valence-electron chi connectivity index (χ3n) is 2.55. The van der Waals surface area contributed by atoms with E-state index in [-0.39, 0.29) is 18.5 Å². The molecule has 0 heterocycles. The molecule has 0 fully saturated rings. The molecule has 0 saturated heterocycles. The molecule has 4 heteroatoms. The zero-order chi connectivity index (χ0) is 13.7. The van der Waals surface area contributed by atoms with E-state index in [1.54, 1.807) is 6.92 Å². The van der Waals surface area contributed by atoms with Crippen LogP contribution in [0, 0.1) is 26.2 Å². The average molecular weight is 309 g/mol. The van der Waals surface area contributed by atoms with Gasteiger partial charge in [0.25, 0.3) is 0 Å². The van der Waals surface area contributed by atoms with E-state index in [1.165, 1.54) is 5.56 Å². The van der Waals surface area contributed by atoms with Crippen molar-refractivity contribution in [3.8, 4) is 12.3 Å². The van der Waals surface area contributed by atoms with Crippen molar-refractivity contribution in [1.29, 1.82) is 0 Å². The van der Waals surface area contributed by atoms with Gasteiger partial charge in [-0.1, -0.05) is 12.0 Å². The molecule has 3 nitrogen and oxygen atoms in total. The van der Waals surface area contributed by atoms with E-state index < -0.39 is 0 Å². The summed E-state index contributed by atoms with van der Waals surface area (Å²) in [5, 5.41) is 5.84. The molecule has 0 aliphatic rings. The maximum atomic E-state index is 11.7. The predicted octanol–water partition coefficient (Wildman–Crippen LogP) is 2.62. The van der Waals surface area contributed by atoms with Crippen molar-refractivity contribution in [3.63, 3.8) is 0 Å². The van der Waals surface area contributed by atoms with Gasteiger partial charge in [-0.05, 0) is 53.9 Å². The van der Waals surface area contributed by atoms with Gasteiger partial charge in [0.05, 0.1) is 12.2 Å². The number of nitrogens with one attached hydrogen (secondary N) is 2. The summed E-state index contributed by atoms with van der Waals surface area (Å²) >= 11 is 3.50. The van der Waals surface area contributed by atoms with E-state index >= 15 is 0 Å². The van der Waals surface area contributed by atoms with Gasteiger partial charge in [-0.25, -0.2) is 0 Å². The van der Waals surface area contributed by atoms with Crippen LogP contribution in [0.25, 0.3) is 0 Å². The molecule has 0 aliphatic carbocycles. The van der Waals surface area contributed by atoms with E-state index in [2.05, 4.69) is 38.6 Å². The number of amides is 1. The van der Waals surface area contributed by atoms with E-state index in [9.17, 15) is 4.79 Å². The summed E-state index contributed by atoms with van der Waals surface area (Å²) in [6.07, 6.45) is 5.10. The second-order valence-electron chi connectivity index (χ2n) is 4.23. The lowest BCUT2D eigenvalue weighted by Gasteiger charge is -2.18. The lowest BCUT2D eigenvalue weighted by molar-refractivity contribution is -0.121. The number of rotatable bonds is 4. The van der Waals surface area contributed by atoms with E-state index in [4.69, 9.17) is 6.42 Å². The first kappa shape index (κ1) is 14.6.